The number of halogens is 1. The van der Waals surface area contributed by atoms with E-state index in [1.165, 1.54) is 23.9 Å². The van der Waals surface area contributed by atoms with Crippen LogP contribution < -0.4 is 10.1 Å². The number of ether oxygens (including phenoxy) is 1. The van der Waals surface area contributed by atoms with E-state index in [-0.39, 0.29) is 11.5 Å². The van der Waals surface area contributed by atoms with Crippen LogP contribution in [0.3, 0.4) is 0 Å². The van der Waals surface area contributed by atoms with Crippen molar-refractivity contribution in [2.75, 3.05) is 7.11 Å². The standard InChI is InChI=1S/C18H13BrN2O4S/c1-25-13-6-7-14(19)11(8-13)9-15-16(22)21-18(26-15)20-12-4-2-10(3-5-12)17(23)24/h2-9H,1H3,(H,23,24)(H,20,21,22)/b15-9-. The molecule has 0 atom stereocenters. The number of aromatic carboxylic acids is 1. The minimum Gasteiger partial charge on any atom is -0.497 e. The molecule has 1 fully saturated rings. The number of aliphatic imine (C=N–C) groups is 1. The minimum absolute atomic E-state index is 0.181. The molecule has 6 nitrogen and oxygen atoms in total. The van der Waals surface area contributed by atoms with Gasteiger partial charge in [0.25, 0.3) is 5.91 Å². The molecule has 0 spiro atoms. The lowest BCUT2D eigenvalue weighted by Crippen LogP contribution is -2.19. The van der Waals surface area contributed by atoms with Gasteiger partial charge in [0.1, 0.15) is 5.75 Å². The average Bonchev–Trinajstić information content (AvgIpc) is 2.96. The van der Waals surface area contributed by atoms with Crippen LogP contribution in [0.5, 0.6) is 5.75 Å². The monoisotopic (exact) mass is 432 g/mol. The second kappa shape index (κ2) is 7.76. The van der Waals surface area contributed by atoms with E-state index in [1.807, 2.05) is 18.2 Å². The highest BCUT2D eigenvalue weighted by molar-refractivity contribution is 9.10. The van der Waals surface area contributed by atoms with Crippen LogP contribution >= 0.6 is 27.7 Å². The zero-order valence-corrected chi connectivity index (χ0v) is 15.9. The number of carbonyl (C=O) groups excluding carboxylic acids is 1. The van der Waals surface area contributed by atoms with Crippen LogP contribution in [0.4, 0.5) is 5.69 Å². The highest BCUT2D eigenvalue weighted by atomic mass is 79.9. The van der Waals surface area contributed by atoms with E-state index < -0.39 is 5.97 Å². The van der Waals surface area contributed by atoms with Crippen molar-refractivity contribution in [2.24, 2.45) is 4.99 Å². The minimum atomic E-state index is -0.998. The van der Waals surface area contributed by atoms with Crippen molar-refractivity contribution in [3.05, 3.63) is 63.0 Å². The number of carboxylic acid groups (broad SMARTS) is 1. The lowest BCUT2D eigenvalue weighted by atomic mass is 10.2. The van der Waals surface area contributed by atoms with Crippen LogP contribution in [0.2, 0.25) is 0 Å². The molecule has 1 amide bonds. The first kappa shape index (κ1) is 18.2. The highest BCUT2D eigenvalue weighted by Crippen LogP contribution is 2.31. The Balaban J connectivity index is 1.83. The normalized spacial score (nSPS) is 16.8. The Bertz CT molecular complexity index is 939. The van der Waals surface area contributed by atoms with Gasteiger partial charge in [0.2, 0.25) is 0 Å². The zero-order valence-electron chi connectivity index (χ0n) is 13.5. The quantitative estimate of drug-likeness (QED) is 0.711. The van der Waals surface area contributed by atoms with Crippen molar-refractivity contribution in [2.45, 2.75) is 0 Å². The summed E-state index contributed by atoms with van der Waals surface area (Å²) < 4.78 is 6.05. The fourth-order valence-corrected chi connectivity index (χ4v) is 3.37. The summed E-state index contributed by atoms with van der Waals surface area (Å²) in [6.07, 6.45) is 1.75. The number of carboxylic acids is 1. The van der Waals surface area contributed by atoms with Gasteiger partial charge in [-0.3, -0.25) is 4.79 Å². The van der Waals surface area contributed by atoms with Gasteiger partial charge in [0, 0.05) is 4.47 Å². The van der Waals surface area contributed by atoms with Crippen molar-refractivity contribution < 1.29 is 19.4 Å². The molecule has 8 heteroatoms. The average molecular weight is 433 g/mol. The summed E-state index contributed by atoms with van der Waals surface area (Å²) in [6.45, 7) is 0. The molecule has 2 N–H and O–H groups in total. The smallest absolute Gasteiger partial charge is 0.335 e. The van der Waals surface area contributed by atoms with Crippen molar-refractivity contribution in [3.8, 4) is 5.75 Å². The maximum Gasteiger partial charge on any atom is 0.335 e. The summed E-state index contributed by atoms with van der Waals surface area (Å²) in [7, 11) is 1.58. The van der Waals surface area contributed by atoms with Gasteiger partial charge >= 0.3 is 5.97 Å². The first-order valence-electron chi connectivity index (χ1n) is 7.43. The molecule has 0 aliphatic carbocycles. The molecule has 1 saturated heterocycles. The van der Waals surface area contributed by atoms with Gasteiger partial charge in [0.05, 0.1) is 23.3 Å². The SMILES string of the molecule is COc1ccc(Br)c(/C=C2\SC(=Nc3ccc(C(=O)O)cc3)NC2=O)c1. The number of thioether (sulfide) groups is 1. The molecule has 0 bridgehead atoms. The largest absolute Gasteiger partial charge is 0.497 e. The van der Waals surface area contributed by atoms with Gasteiger partial charge in [-0.1, -0.05) is 15.9 Å². The van der Waals surface area contributed by atoms with Crippen molar-refractivity contribution in [1.29, 1.82) is 0 Å². The third kappa shape index (κ3) is 4.14. The van der Waals surface area contributed by atoms with Crippen molar-refractivity contribution in [3.63, 3.8) is 0 Å². The van der Waals surface area contributed by atoms with Crippen LogP contribution in [0.15, 0.2) is 56.8 Å². The van der Waals surface area contributed by atoms with Gasteiger partial charge in [-0.05, 0) is 65.9 Å². The number of rotatable bonds is 4. The number of nitrogens with zero attached hydrogens (tertiary/aromatic N) is 1. The molecule has 1 aliphatic rings. The number of benzene rings is 2. The van der Waals surface area contributed by atoms with Crippen LogP contribution in [-0.2, 0) is 4.79 Å². The molecule has 0 aromatic heterocycles. The molecule has 26 heavy (non-hydrogen) atoms. The van der Waals surface area contributed by atoms with Gasteiger partial charge in [-0.25, -0.2) is 9.79 Å². The van der Waals surface area contributed by atoms with E-state index in [9.17, 15) is 9.59 Å². The number of hydrogen-bond donors (Lipinski definition) is 2. The molecule has 0 radical (unpaired) electrons. The predicted molar refractivity (Wildman–Crippen MR) is 105 cm³/mol. The molecular weight excluding hydrogens is 420 g/mol. The Morgan fingerprint density at radius 2 is 2.00 bits per heavy atom. The second-order valence-electron chi connectivity index (χ2n) is 5.22. The number of nitrogens with one attached hydrogen (secondary N) is 1. The van der Waals surface area contributed by atoms with E-state index in [2.05, 4.69) is 26.2 Å². The summed E-state index contributed by atoms with van der Waals surface area (Å²) in [5, 5.41) is 12.0. The molecule has 0 saturated carbocycles. The fraction of sp³-hybridized carbons (Fsp3) is 0.0556. The number of amidine groups is 1. The van der Waals surface area contributed by atoms with E-state index in [1.54, 1.807) is 25.3 Å². The number of carbonyl (C=O) groups is 2. The summed E-state index contributed by atoms with van der Waals surface area (Å²) in [5.74, 6) is -0.552. The number of amides is 1. The molecule has 0 unspecified atom stereocenters. The molecule has 3 rings (SSSR count). The third-order valence-electron chi connectivity index (χ3n) is 3.49. The first-order valence-corrected chi connectivity index (χ1v) is 9.03. The summed E-state index contributed by atoms with van der Waals surface area (Å²) >= 11 is 4.67. The van der Waals surface area contributed by atoms with Crippen molar-refractivity contribution >= 4 is 56.5 Å². The summed E-state index contributed by atoms with van der Waals surface area (Å²) in [4.78, 5) is 27.9. The Morgan fingerprint density at radius 3 is 2.65 bits per heavy atom. The molecular formula is C18H13BrN2O4S. The Hall–Kier alpha value is -2.58. The Labute approximate surface area is 162 Å². The molecule has 2 aromatic rings. The number of methoxy groups -OCH3 is 1. The Morgan fingerprint density at radius 1 is 1.27 bits per heavy atom. The van der Waals surface area contributed by atoms with Gasteiger partial charge in [0.15, 0.2) is 5.17 Å². The number of hydrogen-bond acceptors (Lipinski definition) is 5. The fourth-order valence-electron chi connectivity index (χ4n) is 2.18. The third-order valence-corrected chi connectivity index (χ3v) is 5.12. The predicted octanol–water partition coefficient (Wildman–Crippen LogP) is 4.05. The van der Waals surface area contributed by atoms with E-state index in [0.29, 0.717) is 21.5 Å². The van der Waals surface area contributed by atoms with E-state index in [4.69, 9.17) is 9.84 Å². The molecule has 2 aromatic carbocycles. The van der Waals surface area contributed by atoms with Crippen LogP contribution in [0.1, 0.15) is 15.9 Å². The maximum atomic E-state index is 12.2. The van der Waals surface area contributed by atoms with E-state index >= 15 is 0 Å². The first-order chi connectivity index (χ1) is 12.5. The van der Waals surface area contributed by atoms with Gasteiger partial charge in [-0.15, -0.1) is 0 Å². The molecule has 1 heterocycles. The van der Waals surface area contributed by atoms with Crippen LogP contribution in [0.25, 0.3) is 6.08 Å². The van der Waals surface area contributed by atoms with E-state index in [0.717, 1.165) is 10.0 Å². The van der Waals surface area contributed by atoms with Gasteiger partial charge in [-0.2, -0.15) is 0 Å². The highest BCUT2D eigenvalue weighted by Gasteiger charge is 2.24. The Kier molecular flexibility index (Phi) is 5.43. The lowest BCUT2D eigenvalue weighted by molar-refractivity contribution is -0.115. The molecule has 1 aliphatic heterocycles. The molecule has 132 valence electrons. The topological polar surface area (TPSA) is 88.0 Å². The van der Waals surface area contributed by atoms with Crippen LogP contribution in [0, 0.1) is 0 Å². The summed E-state index contributed by atoms with van der Waals surface area (Å²) in [6, 6.07) is 11.6. The van der Waals surface area contributed by atoms with Crippen LogP contribution in [-0.4, -0.2) is 29.3 Å². The lowest BCUT2D eigenvalue weighted by Gasteiger charge is -2.03. The van der Waals surface area contributed by atoms with Gasteiger partial charge < -0.3 is 15.2 Å². The second-order valence-corrected chi connectivity index (χ2v) is 7.11. The zero-order chi connectivity index (χ0) is 18.7. The maximum absolute atomic E-state index is 12.2. The van der Waals surface area contributed by atoms with Crippen molar-refractivity contribution in [1.82, 2.24) is 5.32 Å². The summed E-state index contributed by atoms with van der Waals surface area (Å²) in [5.41, 5.74) is 1.55.